The van der Waals surface area contributed by atoms with E-state index >= 15 is 0 Å². The zero-order valence-corrected chi connectivity index (χ0v) is 13.1. The molecule has 6 nitrogen and oxygen atoms in total. The van der Waals surface area contributed by atoms with Gasteiger partial charge in [-0.15, -0.1) is 0 Å². The summed E-state index contributed by atoms with van der Waals surface area (Å²) in [6.07, 6.45) is 0. The van der Waals surface area contributed by atoms with Gasteiger partial charge in [0, 0.05) is 10.2 Å². The highest BCUT2D eigenvalue weighted by atomic mass is 79.9. The monoisotopic (exact) mass is 352 g/mol. The maximum absolute atomic E-state index is 11.8. The third kappa shape index (κ3) is 3.91. The fourth-order valence-electron chi connectivity index (χ4n) is 1.71. The van der Waals surface area contributed by atoms with Gasteiger partial charge in [0.05, 0.1) is 5.69 Å². The first kappa shape index (κ1) is 15.2. The van der Waals surface area contributed by atoms with E-state index in [0.717, 1.165) is 4.47 Å². The van der Waals surface area contributed by atoms with Crippen LogP contribution in [-0.2, 0) is 9.53 Å². The second-order valence-electron chi connectivity index (χ2n) is 4.33. The highest BCUT2D eigenvalue weighted by Gasteiger charge is 2.19. The summed E-state index contributed by atoms with van der Waals surface area (Å²) in [4.78, 5) is 23.5. The number of hydrogen-bond acceptors (Lipinski definition) is 5. The number of nitrogens with one attached hydrogen (secondary N) is 1. The maximum Gasteiger partial charge on any atom is 0.344 e. The molecule has 0 saturated carbocycles. The van der Waals surface area contributed by atoms with E-state index in [1.54, 1.807) is 38.1 Å². The number of hydrogen-bond donors (Lipinski definition) is 1. The average molecular weight is 353 g/mol. The number of ether oxygens (including phenoxy) is 1. The van der Waals surface area contributed by atoms with E-state index in [2.05, 4.69) is 26.4 Å². The van der Waals surface area contributed by atoms with E-state index in [-0.39, 0.29) is 12.2 Å². The molecule has 1 aromatic carbocycles. The Hall–Kier alpha value is -2.15. The minimum Gasteiger partial charge on any atom is -0.452 e. The van der Waals surface area contributed by atoms with Crippen molar-refractivity contribution in [3.8, 4) is 0 Å². The summed E-state index contributed by atoms with van der Waals surface area (Å²) in [6, 6.07) is 7.06. The second kappa shape index (κ2) is 6.53. The number of carbonyl (C=O) groups excluding carboxylic acids is 2. The lowest BCUT2D eigenvalue weighted by Gasteiger charge is -2.06. The Morgan fingerprint density at radius 3 is 2.52 bits per heavy atom. The molecule has 2 rings (SSSR count). The van der Waals surface area contributed by atoms with Crippen LogP contribution in [0.25, 0.3) is 0 Å². The summed E-state index contributed by atoms with van der Waals surface area (Å²) in [5.41, 5.74) is 1.31. The Morgan fingerprint density at radius 2 is 1.95 bits per heavy atom. The number of rotatable bonds is 4. The molecular formula is C14H13BrN2O4. The zero-order valence-electron chi connectivity index (χ0n) is 11.5. The van der Waals surface area contributed by atoms with Gasteiger partial charge in [0.1, 0.15) is 11.3 Å². The highest BCUT2D eigenvalue weighted by Crippen LogP contribution is 2.15. The molecule has 0 unspecified atom stereocenters. The Kier molecular flexibility index (Phi) is 4.74. The standard InChI is InChI=1S/C14H13BrN2O4/c1-8-13(9(2)21-17-8)14(19)20-7-12(18)16-11-5-3-10(15)4-6-11/h3-6H,7H2,1-2H3,(H,16,18). The molecule has 0 aliphatic heterocycles. The topological polar surface area (TPSA) is 81.4 Å². The quantitative estimate of drug-likeness (QED) is 0.855. The molecule has 2 aromatic rings. The van der Waals surface area contributed by atoms with E-state index in [0.29, 0.717) is 17.1 Å². The predicted molar refractivity (Wildman–Crippen MR) is 79.0 cm³/mol. The number of amides is 1. The van der Waals surface area contributed by atoms with E-state index in [1.807, 2.05) is 0 Å². The fraction of sp³-hybridized carbons (Fsp3) is 0.214. The van der Waals surface area contributed by atoms with Crippen molar-refractivity contribution in [1.82, 2.24) is 5.16 Å². The van der Waals surface area contributed by atoms with Crippen molar-refractivity contribution in [2.24, 2.45) is 0 Å². The van der Waals surface area contributed by atoms with Gasteiger partial charge in [-0.3, -0.25) is 4.79 Å². The van der Waals surface area contributed by atoms with Gasteiger partial charge in [-0.2, -0.15) is 0 Å². The van der Waals surface area contributed by atoms with Crippen molar-refractivity contribution in [2.45, 2.75) is 13.8 Å². The van der Waals surface area contributed by atoms with Gasteiger partial charge < -0.3 is 14.6 Å². The summed E-state index contributed by atoms with van der Waals surface area (Å²) < 4.78 is 10.7. The first-order valence-corrected chi connectivity index (χ1v) is 6.92. The summed E-state index contributed by atoms with van der Waals surface area (Å²) in [6.45, 7) is 2.87. The first-order chi connectivity index (χ1) is 9.97. The molecule has 0 aliphatic rings. The number of esters is 1. The number of nitrogens with zero attached hydrogens (tertiary/aromatic N) is 1. The lowest BCUT2D eigenvalue weighted by Crippen LogP contribution is -2.21. The Labute approximate surface area is 129 Å². The summed E-state index contributed by atoms with van der Waals surface area (Å²) in [5.74, 6) is -0.680. The smallest absolute Gasteiger partial charge is 0.344 e. The van der Waals surface area contributed by atoms with Crippen molar-refractivity contribution < 1.29 is 18.8 Å². The average Bonchev–Trinajstić information content (AvgIpc) is 2.78. The molecule has 1 aromatic heterocycles. The van der Waals surface area contributed by atoms with E-state index < -0.39 is 11.9 Å². The third-order valence-electron chi connectivity index (χ3n) is 2.70. The molecule has 0 saturated heterocycles. The zero-order chi connectivity index (χ0) is 15.4. The van der Waals surface area contributed by atoms with Gasteiger partial charge in [-0.25, -0.2) is 4.79 Å². The molecule has 21 heavy (non-hydrogen) atoms. The summed E-state index contributed by atoms with van der Waals surface area (Å²) in [5, 5.41) is 6.28. The normalized spacial score (nSPS) is 10.2. The van der Waals surface area contributed by atoms with Crippen LogP contribution in [0.1, 0.15) is 21.8 Å². The van der Waals surface area contributed by atoms with E-state index in [1.165, 1.54) is 0 Å². The van der Waals surface area contributed by atoms with Crippen LogP contribution >= 0.6 is 15.9 Å². The van der Waals surface area contributed by atoms with Crippen molar-refractivity contribution in [3.63, 3.8) is 0 Å². The van der Waals surface area contributed by atoms with Crippen molar-refractivity contribution in [3.05, 3.63) is 45.8 Å². The molecule has 0 atom stereocenters. The number of carbonyl (C=O) groups is 2. The van der Waals surface area contributed by atoms with Crippen LogP contribution in [-0.4, -0.2) is 23.6 Å². The van der Waals surface area contributed by atoms with Gasteiger partial charge >= 0.3 is 5.97 Å². The number of benzene rings is 1. The van der Waals surface area contributed by atoms with Crippen molar-refractivity contribution in [2.75, 3.05) is 11.9 Å². The van der Waals surface area contributed by atoms with Crippen LogP contribution in [0.4, 0.5) is 5.69 Å². The van der Waals surface area contributed by atoms with Gasteiger partial charge in [-0.1, -0.05) is 21.1 Å². The number of anilines is 1. The van der Waals surface area contributed by atoms with Gasteiger partial charge in [0.15, 0.2) is 6.61 Å². The van der Waals surface area contributed by atoms with Crippen LogP contribution in [0.3, 0.4) is 0 Å². The maximum atomic E-state index is 11.8. The van der Waals surface area contributed by atoms with Crippen LogP contribution in [0, 0.1) is 13.8 Å². The summed E-state index contributed by atoms with van der Waals surface area (Å²) >= 11 is 3.30. The molecule has 0 spiro atoms. The molecule has 0 radical (unpaired) electrons. The van der Waals surface area contributed by atoms with Crippen LogP contribution in [0.15, 0.2) is 33.3 Å². The number of aryl methyl sites for hydroxylation is 2. The largest absolute Gasteiger partial charge is 0.452 e. The Balaban J connectivity index is 1.89. The highest BCUT2D eigenvalue weighted by molar-refractivity contribution is 9.10. The van der Waals surface area contributed by atoms with Gasteiger partial charge in [0.2, 0.25) is 0 Å². The lowest BCUT2D eigenvalue weighted by atomic mass is 10.2. The van der Waals surface area contributed by atoms with Gasteiger partial charge in [-0.05, 0) is 38.1 Å². The minimum atomic E-state index is -0.628. The molecular weight excluding hydrogens is 340 g/mol. The third-order valence-corrected chi connectivity index (χ3v) is 3.23. The van der Waals surface area contributed by atoms with Crippen LogP contribution < -0.4 is 5.32 Å². The molecule has 1 heterocycles. The molecule has 0 fully saturated rings. The van der Waals surface area contributed by atoms with Crippen molar-refractivity contribution >= 4 is 33.5 Å². The molecule has 7 heteroatoms. The Bertz CT molecular complexity index is 645. The van der Waals surface area contributed by atoms with E-state index in [9.17, 15) is 9.59 Å². The lowest BCUT2D eigenvalue weighted by molar-refractivity contribution is -0.119. The van der Waals surface area contributed by atoms with Crippen molar-refractivity contribution in [1.29, 1.82) is 0 Å². The molecule has 110 valence electrons. The minimum absolute atomic E-state index is 0.256. The summed E-state index contributed by atoms with van der Waals surface area (Å²) in [7, 11) is 0. The Morgan fingerprint density at radius 1 is 1.29 bits per heavy atom. The van der Waals surface area contributed by atoms with E-state index in [4.69, 9.17) is 9.26 Å². The second-order valence-corrected chi connectivity index (χ2v) is 5.25. The molecule has 0 aliphatic carbocycles. The number of halogens is 1. The molecule has 1 N–H and O–H groups in total. The van der Waals surface area contributed by atoms with Crippen LogP contribution in [0.2, 0.25) is 0 Å². The number of aromatic nitrogens is 1. The first-order valence-electron chi connectivity index (χ1n) is 6.13. The fourth-order valence-corrected chi connectivity index (χ4v) is 1.97. The van der Waals surface area contributed by atoms with Crippen LogP contribution in [0.5, 0.6) is 0 Å². The molecule has 1 amide bonds. The SMILES string of the molecule is Cc1noc(C)c1C(=O)OCC(=O)Nc1ccc(Br)cc1. The molecule has 0 bridgehead atoms. The van der Waals surface area contributed by atoms with Gasteiger partial charge in [0.25, 0.3) is 5.91 Å². The predicted octanol–water partition coefficient (Wildman–Crippen LogP) is 2.85.